The molecule has 0 fully saturated rings. The topological polar surface area (TPSA) is 187 Å². The van der Waals surface area contributed by atoms with E-state index in [2.05, 4.69) is 226 Å². The Balaban J connectivity index is -0.000000191. The smallest absolute Gasteiger partial charge is 0.316 e. The third kappa shape index (κ3) is 48.4. The van der Waals surface area contributed by atoms with Crippen molar-refractivity contribution in [2.24, 2.45) is 0 Å². The maximum absolute atomic E-state index is 5.02. The molecule has 0 spiro atoms. The van der Waals surface area contributed by atoms with Crippen LogP contribution in [0.15, 0.2) is 110 Å². The first kappa shape index (κ1) is 104. The molecule has 0 saturated carbocycles. The standard InChI is InChI=1S/C11H17N.C10H16N2.2C10H15NO.3C9H14N2O.7C2H6/c1-5-10-7-6-9(8-12-10)11(2,3)4;1-10(2,3)8-5-6-9(11-4)12-7-8;1-10(2,3)9-6-5-8(12-4)7-11-9;1-10(2,3)8-5-6-9(12-4)11-7-8;1-9(2,3)7-5-11-8(12-4)6-10-7;1-9(2,3)8-10-5-7(12-4)6-11-8;1-9(2,3)7-5-10-8(12-4)11-6-7;7*1-2/h6-8H,5H2,1-4H3;5-7H,1-4H3,(H,11,12);2*5-7H,1-4H3;3*5-6H,1-4H3;7*1-2H3. The van der Waals surface area contributed by atoms with E-state index >= 15 is 0 Å². The van der Waals surface area contributed by atoms with Crippen molar-refractivity contribution in [1.82, 2.24) is 49.8 Å². The molecule has 7 rings (SSSR count). The van der Waals surface area contributed by atoms with Crippen LogP contribution in [0, 0.1) is 0 Å². The number of methoxy groups -OCH3 is 5. The first-order valence-corrected chi connectivity index (χ1v) is 35.5. The fourth-order valence-corrected chi connectivity index (χ4v) is 6.38. The summed E-state index contributed by atoms with van der Waals surface area (Å²) in [7, 11) is 9.90. The van der Waals surface area contributed by atoms with E-state index in [1.165, 1.54) is 22.4 Å². The van der Waals surface area contributed by atoms with Crippen LogP contribution in [-0.2, 0) is 44.3 Å². The number of aryl methyl sites for hydroxylation is 1. The lowest BCUT2D eigenvalue weighted by molar-refractivity contribution is 0.378. The molecule has 0 aliphatic carbocycles. The number of rotatable bonds is 7. The van der Waals surface area contributed by atoms with E-state index in [1.807, 2.05) is 153 Å². The maximum atomic E-state index is 5.02. The van der Waals surface area contributed by atoms with Gasteiger partial charge in [0.05, 0.1) is 72.2 Å². The highest BCUT2D eigenvalue weighted by Gasteiger charge is 2.19. The number of hydrogen-bond donors (Lipinski definition) is 1. The molecule has 7 aromatic rings. The van der Waals surface area contributed by atoms with Crippen LogP contribution in [-0.4, -0.2) is 92.4 Å². The van der Waals surface area contributed by atoms with Gasteiger partial charge in [0.2, 0.25) is 11.8 Å². The zero-order valence-corrected chi connectivity index (χ0v) is 70.6. The minimum absolute atomic E-state index is 0.00622. The summed E-state index contributed by atoms with van der Waals surface area (Å²) >= 11 is 0. The molecule has 7 heterocycles. The fourth-order valence-electron chi connectivity index (χ4n) is 6.38. The van der Waals surface area contributed by atoms with Crippen LogP contribution in [0.25, 0.3) is 0 Å². The minimum atomic E-state index is 0.00622. The largest absolute Gasteiger partial charge is 0.495 e. The lowest BCUT2D eigenvalue weighted by Crippen LogP contribution is -2.15. The van der Waals surface area contributed by atoms with Gasteiger partial charge >= 0.3 is 6.01 Å². The van der Waals surface area contributed by atoms with Crippen LogP contribution in [0.3, 0.4) is 0 Å². The Morgan fingerprint density at radius 1 is 0.286 bits per heavy atom. The van der Waals surface area contributed by atoms with Crippen molar-refractivity contribution >= 4 is 5.82 Å². The molecule has 0 saturated heterocycles. The Bertz CT molecular complexity index is 2290. The van der Waals surface area contributed by atoms with Crippen molar-refractivity contribution in [2.45, 2.75) is 294 Å². The minimum Gasteiger partial charge on any atom is -0.495 e. The highest BCUT2D eigenvalue weighted by atomic mass is 16.5. The summed E-state index contributed by atoms with van der Waals surface area (Å²) < 4.78 is 24.7. The zero-order chi connectivity index (χ0) is 78.3. The number of aromatic nitrogens is 10. The summed E-state index contributed by atoms with van der Waals surface area (Å²) in [6.07, 6.45) is 18.9. The molecule has 16 nitrogen and oxygen atoms in total. The van der Waals surface area contributed by atoms with Crippen molar-refractivity contribution in [3.05, 3.63) is 156 Å². The van der Waals surface area contributed by atoms with Crippen molar-refractivity contribution < 1.29 is 23.7 Å². The molecular weight excluding hydrogens is 1220 g/mol. The molecule has 0 radical (unpaired) electrons. The van der Waals surface area contributed by atoms with Gasteiger partial charge in [0.1, 0.15) is 17.4 Å². The second-order valence-electron chi connectivity index (χ2n) is 26.8. The van der Waals surface area contributed by atoms with Crippen molar-refractivity contribution in [3.8, 4) is 29.3 Å². The van der Waals surface area contributed by atoms with E-state index < -0.39 is 0 Å². The number of ether oxygens (including phenoxy) is 5. The molecule has 7 aromatic heterocycles. The van der Waals surface area contributed by atoms with Gasteiger partial charge in [0.25, 0.3) is 0 Å². The zero-order valence-electron chi connectivity index (χ0n) is 70.6. The lowest BCUT2D eigenvalue weighted by Gasteiger charge is -2.18. The summed E-state index contributed by atoms with van der Waals surface area (Å²) in [5, 5.41) is 2.99. The predicted octanol–water partition coefficient (Wildman–Crippen LogP) is 22.7. The number of nitrogens with one attached hydrogen (secondary N) is 1. The van der Waals surface area contributed by atoms with Gasteiger partial charge in [0.15, 0.2) is 5.75 Å². The van der Waals surface area contributed by atoms with Crippen LogP contribution in [0.4, 0.5) is 5.82 Å². The van der Waals surface area contributed by atoms with Gasteiger partial charge in [-0.05, 0) is 74.6 Å². The maximum Gasteiger partial charge on any atom is 0.316 e. The van der Waals surface area contributed by atoms with Gasteiger partial charge in [-0.25, -0.2) is 34.9 Å². The summed E-state index contributed by atoms with van der Waals surface area (Å²) in [5.41, 5.74) is 9.00. The van der Waals surface area contributed by atoms with E-state index in [-0.39, 0.29) is 37.9 Å². The molecule has 0 aliphatic rings. The van der Waals surface area contributed by atoms with Crippen LogP contribution in [0.5, 0.6) is 29.3 Å². The van der Waals surface area contributed by atoms with Gasteiger partial charge < -0.3 is 29.0 Å². The number of hydrogen-bond acceptors (Lipinski definition) is 16. The van der Waals surface area contributed by atoms with E-state index in [1.54, 1.807) is 78.9 Å². The Labute approximate surface area is 602 Å². The van der Waals surface area contributed by atoms with Crippen LogP contribution in [0.2, 0.25) is 0 Å². The van der Waals surface area contributed by atoms with E-state index in [9.17, 15) is 0 Å². The number of pyridine rings is 4. The first-order valence-electron chi connectivity index (χ1n) is 35.5. The molecule has 0 bridgehead atoms. The molecule has 16 heteroatoms. The normalized spacial score (nSPS) is 10.2. The fraction of sp³-hybridized carbons (Fsp3) is 0.610. The van der Waals surface area contributed by atoms with Crippen LogP contribution < -0.4 is 29.0 Å². The lowest BCUT2D eigenvalue weighted by atomic mass is 9.88. The molecule has 0 aliphatic heterocycles. The average molecular weight is 1370 g/mol. The number of anilines is 1. The van der Waals surface area contributed by atoms with Crippen molar-refractivity contribution in [3.63, 3.8) is 0 Å². The molecule has 0 amide bonds. The molecular formula is C82H147N11O5. The molecule has 0 unspecified atom stereocenters. The average Bonchev–Trinajstić information content (AvgIpc) is 0.961. The van der Waals surface area contributed by atoms with E-state index in [0.29, 0.717) is 23.5 Å². The first-order chi connectivity index (χ1) is 45.8. The Morgan fingerprint density at radius 3 is 0.918 bits per heavy atom. The van der Waals surface area contributed by atoms with Gasteiger partial charge in [-0.3, -0.25) is 15.0 Å². The van der Waals surface area contributed by atoms with E-state index in [0.717, 1.165) is 40.8 Å². The Morgan fingerprint density at radius 2 is 0.653 bits per heavy atom. The van der Waals surface area contributed by atoms with Gasteiger partial charge in [-0.2, -0.15) is 0 Å². The second kappa shape index (κ2) is 56.5. The molecule has 1 N–H and O–H groups in total. The van der Waals surface area contributed by atoms with Gasteiger partial charge in [-0.15, -0.1) is 0 Å². The monoisotopic (exact) mass is 1370 g/mol. The highest BCUT2D eigenvalue weighted by Crippen LogP contribution is 2.26. The third-order valence-corrected chi connectivity index (χ3v) is 12.3. The van der Waals surface area contributed by atoms with Crippen LogP contribution >= 0.6 is 0 Å². The molecule has 0 aromatic carbocycles. The number of nitrogens with zero attached hydrogens (tertiary/aromatic N) is 10. The van der Waals surface area contributed by atoms with Gasteiger partial charge in [0, 0.05) is 71.7 Å². The summed E-state index contributed by atoms with van der Waals surface area (Å²) in [4.78, 5) is 41.8. The van der Waals surface area contributed by atoms with E-state index in [4.69, 9.17) is 23.7 Å². The molecule has 0 atom stereocenters. The predicted molar refractivity (Wildman–Crippen MR) is 425 cm³/mol. The molecule has 98 heavy (non-hydrogen) atoms. The molecule has 560 valence electrons. The van der Waals surface area contributed by atoms with Crippen LogP contribution in [0.1, 0.15) is 294 Å². The second-order valence-corrected chi connectivity index (χ2v) is 26.8. The highest BCUT2D eigenvalue weighted by molar-refractivity contribution is 5.36. The summed E-state index contributed by atoms with van der Waals surface area (Å²) in [6.45, 7) is 75.1. The summed E-state index contributed by atoms with van der Waals surface area (Å²) in [6, 6.07) is 16.7. The SMILES string of the molecule is CC.CC.CC.CC.CC.CC.CC.CCc1ccc(C(C)(C)C)cn1.CNc1ccc(C(C)(C)C)cn1.COc1ccc(C(C)(C)C)cn1.COc1ccc(C(C)(C)C)nc1.COc1cnc(C(C)(C)C)cn1.COc1cnc(C(C)(C)C)nc1.COc1ncc(C(C)(C)C)cn1. The third-order valence-electron chi connectivity index (χ3n) is 12.3. The summed E-state index contributed by atoms with van der Waals surface area (Å²) in [5.74, 6) is 4.49. The Hall–Kier alpha value is -7.36. The van der Waals surface area contributed by atoms with Gasteiger partial charge in [-0.1, -0.05) is 267 Å². The quantitative estimate of drug-likeness (QED) is 0.159. The Kier molecular flexibility index (Phi) is 60.0. The van der Waals surface area contributed by atoms with Crippen molar-refractivity contribution in [1.29, 1.82) is 0 Å². The van der Waals surface area contributed by atoms with Crippen molar-refractivity contribution in [2.75, 3.05) is 47.9 Å².